The molecule has 1 saturated carbocycles. The molecule has 2 aliphatic rings. The Balaban J connectivity index is 1.71. The second kappa shape index (κ2) is 4.83. The highest BCUT2D eigenvalue weighted by Crippen LogP contribution is 2.46. The molecule has 0 aromatic carbocycles. The van der Waals surface area contributed by atoms with Crippen LogP contribution in [0.2, 0.25) is 0 Å². The first-order chi connectivity index (χ1) is 9.19. The molecular weight excluding hydrogens is 236 g/mol. The van der Waals surface area contributed by atoms with Crippen molar-refractivity contribution in [3.8, 4) is 0 Å². The van der Waals surface area contributed by atoms with Crippen LogP contribution >= 0.6 is 0 Å². The Hall–Kier alpha value is -1.58. The molecule has 1 spiro atoms. The van der Waals surface area contributed by atoms with E-state index in [0.29, 0.717) is 11.1 Å². The second-order valence-electron chi connectivity index (χ2n) is 5.99. The SMILES string of the molecule is N=C(N)c1cccc(N2CCC3(CCCC3)CC2)n1. The van der Waals surface area contributed by atoms with Gasteiger partial charge in [0.15, 0.2) is 0 Å². The van der Waals surface area contributed by atoms with E-state index < -0.39 is 0 Å². The largest absolute Gasteiger partial charge is 0.382 e. The zero-order valence-electron chi connectivity index (χ0n) is 11.4. The van der Waals surface area contributed by atoms with E-state index in [1.165, 1.54) is 38.5 Å². The third-order valence-electron chi connectivity index (χ3n) is 4.82. The van der Waals surface area contributed by atoms with Crippen LogP contribution in [-0.4, -0.2) is 23.9 Å². The van der Waals surface area contributed by atoms with E-state index in [2.05, 4.69) is 9.88 Å². The molecule has 3 N–H and O–H groups in total. The Kier molecular flexibility index (Phi) is 3.17. The summed E-state index contributed by atoms with van der Waals surface area (Å²) in [7, 11) is 0. The smallest absolute Gasteiger partial charge is 0.141 e. The maximum Gasteiger partial charge on any atom is 0.141 e. The summed E-state index contributed by atoms with van der Waals surface area (Å²) in [6, 6.07) is 5.77. The van der Waals surface area contributed by atoms with Gasteiger partial charge < -0.3 is 10.6 Å². The number of nitrogens with zero attached hydrogens (tertiary/aromatic N) is 2. The van der Waals surface area contributed by atoms with E-state index in [0.717, 1.165) is 18.9 Å². The highest BCUT2D eigenvalue weighted by molar-refractivity contribution is 5.93. The van der Waals surface area contributed by atoms with Crippen molar-refractivity contribution < 1.29 is 0 Å². The first-order valence-corrected chi connectivity index (χ1v) is 7.25. The van der Waals surface area contributed by atoms with E-state index in [1.807, 2.05) is 12.1 Å². The van der Waals surface area contributed by atoms with Gasteiger partial charge in [0.2, 0.25) is 0 Å². The first-order valence-electron chi connectivity index (χ1n) is 7.25. The van der Waals surface area contributed by atoms with Crippen molar-refractivity contribution in [1.82, 2.24) is 4.98 Å². The van der Waals surface area contributed by atoms with Crippen molar-refractivity contribution in [2.24, 2.45) is 11.1 Å². The molecule has 1 aliphatic heterocycles. The van der Waals surface area contributed by atoms with Gasteiger partial charge in [-0.05, 0) is 43.2 Å². The fourth-order valence-electron chi connectivity index (χ4n) is 3.58. The standard InChI is InChI=1S/C15H22N4/c16-14(17)12-4-3-5-13(18-12)19-10-8-15(9-11-19)6-1-2-7-15/h3-5H,1-2,6-11H2,(H3,16,17). The minimum Gasteiger partial charge on any atom is -0.382 e. The molecule has 1 aromatic rings. The van der Waals surface area contributed by atoms with Crippen LogP contribution in [0.25, 0.3) is 0 Å². The summed E-state index contributed by atoms with van der Waals surface area (Å²) in [6.07, 6.45) is 8.25. The van der Waals surface area contributed by atoms with Crippen LogP contribution in [0, 0.1) is 10.8 Å². The molecule has 0 bridgehead atoms. The molecule has 0 radical (unpaired) electrons. The Morgan fingerprint density at radius 2 is 1.84 bits per heavy atom. The number of rotatable bonds is 2. The van der Waals surface area contributed by atoms with Gasteiger partial charge >= 0.3 is 0 Å². The molecular formula is C15H22N4. The van der Waals surface area contributed by atoms with Gasteiger partial charge in [0.25, 0.3) is 0 Å². The number of nitrogens with two attached hydrogens (primary N) is 1. The molecule has 102 valence electrons. The van der Waals surface area contributed by atoms with Gasteiger partial charge in [-0.25, -0.2) is 4.98 Å². The van der Waals surface area contributed by atoms with Crippen LogP contribution in [-0.2, 0) is 0 Å². The van der Waals surface area contributed by atoms with Crippen LogP contribution in [0.1, 0.15) is 44.2 Å². The molecule has 1 saturated heterocycles. The lowest BCUT2D eigenvalue weighted by Crippen LogP contribution is -2.39. The number of aromatic nitrogens is 1. The average molecular weight is 258 g/mol. The number of nitrogens with one attached hydrogen (secondary N) is 1. The molecule has 0 unspecified atom stereocenters. The molecule has 2 heterocycles. The zero-order valence-corrected chi connectivity index (χ0v) is 11.4. The van der Waals surface area contributed by atoms with Crippen LogP contribution in [0.15, 0.2) is 18.2 Å². The Labute approximate surface area is 114 Å². The van der Waals surface area contributed by atoms with Gasteiger partial charge in [0, 0.05) is 13.1 Å². The minimum atomic E-state index is 0.0473. The van der Waals surface area contributed by atoms with Gasteiger partial charge in [0.05, 0.1) is 0 Å². The molecule has 3 rings (SSSR count). The fraction of sp³-hybridized carbons (Fsp3) is 0.600. The predicted molar refractivity (Wildman–Crippen MR) is 77.6 cm³/mol. The Bertz CT molecular complexity index is 467. The van der Waals surface area contributed by atoms with Gasteiger partial charge in [-0.2, -0.15) is 0 Å². The van der Waals surface area contributed by atoms with E-state index in [-0.39, 0.29) is 5.84 Å². The zero-order chi connectivity index (χ0) is 13.3. The van der Waals surface area contributed by atoms with Crippen LogP contribution in [0.3, 0.4) is 0 Å². The average Bonchev–Trinajstić information content (AvgIpc) is 2.88. The summed E-state index contributed by atoms with van der Waals surface area (Å²) in [5, 5.41) is 7.47. The third-order valence-corrected chi connectivity index (χ3v) is 4.82. The maximum absolute atomic E-state index is 7.47. The second-order valence-corrected chi connectivity index (χ2v) is 5.99. The van der Waals surface area contributed by atoms with E-state index in [1.54, 1.807) is 6.07 Å². The van der Waals surface area contributed by atoms with Crippen molar-refractivity contribution in [3.63, 3.8) is 0 Å². The summed E-state index contributed by atoms with van der Waals surface area (Å²) < 4.78 is 0. The molecule has 1 aromatic heterocycles. The number of pyridine rings is 1. The maximum atomic E-state index is 7.47. The summed E-state index contributed by atoms with van der Waals surface area (Å²) in [6.45, 7) is 2.18. The quantitative estimate of drug-likeness (QED) is 0.633. The monoisotopic (exact) mass is 258 g/mol. The number of hydrogen-bond donors (Lipinski definition) is 2. The lowest BCUT2D eigenvalue weighted by atomic mass is 9.77. The van der Waals surface area contributed by atoms with Crippen molar-refractivity contribution in [3.05, 3.63) is 23.9 Å². The summed E-state index contributed by atoms with van der Waals surface area (Å²) in [5.41, 5.74) is 6.72. The Morgan fingerprint density at radius 3 is 2.47 bits per heavy atom. The molecule has 19 heavy (non-hydrogen) atoms. The molecule has 4 nitrogen and oxygen atoms in total. The van der Waals surface area contributed by atoms with Crippen molar-refractivity contribution >= 4 is 11.7 Å². The topological polar surface area (TPSA) is 66.0 Å². The molecule has 0 amide bonds. The molecule has 1 aliphatic carbocycles. The van der Waals surface area contributed by atoms with E-state index in [4.69, 9.17) is 11.1 Å². The van der Waals surface area contributed by atoms with Gasteiger partial charge in [0.1, 0.15) is 17.3 Å². The lowest BCUT2D eigenvalue weighted by Gasteiger charge is -2.40. The number of piperidine rings is 1. The minimum absolute atomic E-state index is 0.0473. The van der Waals surface area contributed by atoms with E-state index >= 15 is 0 Å². The lowest BCUT2D eigenvalue weighted by molar-refractivity contribution is 0.226. The van der Waals surface area contributed by atoms with E-state index in [9.17, 15) is 0 Å². The van der Waals surface area contributed by atoms with Gasteiger partial charge in [-0.3, -0.25) is 5.41 Å². The van der Waals surface area contributed by atoms with Crippen molar-refractivity contribution in [2.75, 3.05) is 18.0 Å². The normalized spacial score (nSPS) is 21.8. The van der Waals surface area contributed by atoms with Crippen molar-refractivity contribution in [2.45, 2.75) is 38.5 Å². The third kappa shape index (κ3) is 2.44. The summed E-state index contributed by atoms with van der Waals surface area (Å²) >= 11 is 0. The van der Waals surface area contributed by atoms with Gasteiger partial charge in [-0.15, -0.1) is 0 Å². The fourth-order valence-corrected chi connectivity index (χ4v) is 3.58. The highest BCUT2D eigenvalue weighted by Gasteiger charge is 2.37. The number of nitrogen functional groups attached to an aromatic ring is 1. The van der Waals surface area contributed by atoms with Crippen molar-refractivity contribution in [1.29, 1.82) is 5.41 Å². The number of anilines is 1. The number of hydrogen-bond acceptors (Lipinski definition) is 3. The molecule has 2 fully saturated rings. The highest BCUT2D eigenvalue weighted by atomic mass is 15.2. The Morgan fingerprint density at radius 1 is 1.16 bits per heavy atom. The van der Waals surface area contributed by atoms with Crippen LogP contribution in [0.5, 0.6) is 0 Å². The molecule has 0 atom stereocenters. The first kappa shape index (κ1) is 12.5. The van der Waals surface area contributed by atoms with Crippen LogP contribution < -0.4 is 10.6 Å². The molecule has 4 heteroatoms. The van der Waals surface area contributed by atoms with Gasteiger partial charge in [-0.1, -0.05) is 18.9 Å². The summed E-state index contributed by atoms with van der Waals surface area (Å²) in [4.78, 5) is 6.83. The predicted octanol–water partition coefficient (Wildman–Crippen LogP) is 2.53. The van der Waals surface area contributed by atoms with Crippen LogP contribution in [0.4, 0.5) is 5.82 Å². The summed E-state index contributed by atoms with van der Waals surface area (Å²) in [5.74, 6) is 1.02. The number of amidine groups is 1.